The van der Waals surface area contributed by atoms with Crippen LogP contribution in [0.3, 0.4) is 0 Å². The van der Waals surface area contributed by atoms with E-state index in [1.807, 2.05) is 6.92 Å². The van der Waals surface area contributed by atoms with Gasteiger partial charge < -0.3 is 19.3 Å². The summed E-state index contributed by atoms with van der Waals surface area (Å²) in [6.45, 7) is 24.4. The van der Waals surface area contributed by atoms with Crippen LogP contribution in [0.15, 0.2) is 105 Å². The molecule has 0 spiro atoms. The van der Waals surface area contributed by atoms with Crippen molar-refractivity contribution in [3.05, 3.63) is 116 Å². The molecule has 1 aromatic rings. The standard InChI is InChI=1S/C55H86O4/c1-41(2)23-15-24-42(3)25-16-26-43(4)27-17-28-44(5)29-18-30-45(6)31-19-32-46(7)33-20-34-47(8)35-21-36-48(9)37-22-38-49(10)39-40-51-50(11)52(56)54(58-13)55(59-14)53(51)57-12/h23,25,27,29,31,33,35,37,39,56H,15-22,24,26,28,30,32,34,36,38,40H2,1-14H3. The largest absolute Gasteiger partial charge is 0.504 e. The Kier molecular flexibility index (Phi) is 27.9. The zero-order valence-electron chi connectivity index (χ0n) is 40.4. The molecule has 0 heterocycles. The smallest absolute Gasteiger partial charge is 0.207 e. The number of allylic oxidation sites excluding steroid dienone is 18. The van der Waals surface area contributed by atoms with Gasteiger partial charge in [0.15, 0.2) is 11.5 Å². The molecule has 0 saturated heterocycles. The van der Waals surface area contributed by atoms with Gasteiger partial charge in [0, 0.05) is 11.1 Å². The molecule has 0 unspecified atom stereocenters. The Morgan fingerprint density at radius 2 is 0.627 bits per heavy atom. The van der Waals surface area contributed by atoms with Crippen LogP contribution in [0.25, 0.3) is 0 Å². The fourth-order valence-electron chi connectivity index (χ4n) is 7.17. The van der Waals surface area contributed by atoms with Crippen molar-refractivity contribution in [1.82, 2.24) is 0 Å². The third-order valence-corrected chi connectivity index (χ3v) is 11.3. The number of ether oxygens (including phenoxy) is 3. The lowest BCUT2D eigenvalue weighted by Gasteiger charge is -2.19. The average molecular weight is 811 g/mol. The Morgan fingerprint density at radius 1 is 0.373 bits per heavy atom. The molecule has 59 heavy (non-hydrogen) atoms. The van der Waals surface area contributed by atoms with Gasteiger partial charge in [0.25, 0.3) is 0 Å². The maximum Gasteiger partial charge on any atom is 0.207 e. The van der Waals surface area contributed by atoms with E-state index < -0.39 is 0 Å². The molecule has 0 bridgehead atoms. The minimum Gasteiger partial charge on any atom is -0.504 e. The summed E-state index contributed by atoms with van der Waals surface area (Å²) in [4.78, 5) is 0. The number of hydrogen-bond acceptors (Lipinski definition) is 4. The van der Waals surface area contributed by atoms with E-state index in [1.165, 1.54) is 76.5 Å². The maximum absolute atomic E-state index is 10.7. The molecule has 0 radical (unpaired) electrons. The first kappa shape index (κ1) is 53.1. The Bertz CT molecular complexity index is 1690. The molecule has 4 nitrogen and oxygen atoms in total. The highest BCUT2D eigenvalue weighted by Crippen LogP contribution is 2.49. The summed E-state index contributed by atoms with van der Waals surface area (Å²) < 4.78 is 16.6. The molecular weight excluding hydrogens is 725 g/mol. The molecule has 0 aliphatic rings. The van der Waals surface area contributed by atoms with Crippen molar-refractivity contribution in [1.29, 1.82) is 0 Å². The molecule has 330 valence electrons. The average Bonchev–Trinajstić information content (AvgIpc) is 3.18. The highest BCUT2D eigenvalue weighted by Gasteiger charge is 2.23. The second kappa shape index (κ2) is 31.0. The molecule has 1 N–H and O–H groups in total. The van der Waals surface area contributed by atoms with Crippen LogP contribution in [0, 0.1) is 6.92 Å². The molecule has 1 aromatic carbocycles. The van der Waals surface area contributed by atoms with Gasteiger partial charge in [0.05, 0.1) is 21.3 Å². The Balaban J connectivity index is 2.36. The van der Waals surface area contributed by atoms with Crippen LogP contribution in [0.1, 0.15) is 183 Å². The van der Waals surface area contributed by atoms with Gasteiger partial charge in [-0.15, -0.1) is 0 Å². The zero-order valence-corrected chi connectivity index (χ0v) is 40.4. The van der Waals surface area contributed by atoms with Crippen LogP contribution in [-0.4, -0.2) is 26.4 Å². The summed E-state index contributed by atoms with van der Waals surface area (Å²) in [6, 6.07) is 0. The number of phenols is 1. The molecule has 0 saturated carbocycles. The molecule has 0 aliphatic heterocycles. The van der Waals surface area contributed by atoms with Gasteiger partial charge in [0.2, 0.25) is 11.5 Å². The van der Waals surface area contributed by atoms with E-state index in [2.05, 4.69) is 124 Å². The normalized spacial score (nSPS) is 13.9. The molecular formula is C55H86O4. The predicted octanol–water partition coefficient (Wildman–Crippen LogP) is 17.0. The van der Waals surface area contributed by atoms with Crippen molar-refractivity contribution in [2.45, 2.75) is 185 Å². The second-order valence-electron chi connectivity index (χ2n) is 17.3. The summed E-state index contributed by atoms with van der Waals surface area (Å²) in [5.74, 6) is 1.43. The summed E-state index contributed by atoms with van der Waals surface area (Å²) in [5, 5.41) is 10.7. The highest BCUT2D eigenvalue weighted by atomic mass is 16.5. The van der Waals surface area contributed by atoms with Crippen LogP contribution in [0.5, 0.6) is 23.0 Å². The van der Waals surface area contributed by atoms with Crippen LogP contribution >= 0.6 is 0 Å². The lowest BCUT2D eigenvalue weighted by Crippen LogP contribution is -2.02. The highest BCUT2D eigenvalue weighted by molar-refractivity contribution is 5.66. The zero-order chi connectivity index (χ0) is 44.2. The van der Waals surface area contributed by atoms with Gasteiger partial charge in [-0.1, -0.05) is 105 Å². The number of rotatable bonds is 29. The Hall–Kier alpha value is -3.92. The van der Waals surface area contributed by atoms with Crippen molar-refractivity contribution in [2.75, 3.05) is 21.3 Å². The lowest BCUT2D eigenvalue weighted by molar-refractivity contribution is 0.307. The Morgan fingerprint density at radius 3 is 0.881 bits per heavy atom. The topological polar surface area (TPSA) is 47.9 Å². The van der Waals surface area contributed by atoms with Gasteiger partial charge >= 0.3 is 0 Å². The summed E-state index contributed by atoms with van der Waals surface area (Å²) in [5.41, 5.74) is 14.9. The van der Waals surface area contributed by atoms with E-state index in [4.69, 9.17) is 14.2 Å². The predicted molar refractivity (Wildman–Crippen MR) is 260 cm³/mol. The summed E-state index contributed by atoms with van der Waals surface area (Å²) in [6.07, 6.45) is 40.3. The van der Waals surface area contributed by atoms with Crippen molar-refractivity contribution in [2.24, 2.45) is 0 Å². The van der Waals surface area contributed by atoms with Gasteiger partial charge in [-0.25, -0.2) is 0 Å². The fourth-order valence-corrected chi connectivity index (χ4v) is 7.17. The number of methoxy groups -OCH3 is 3. The van der Waals surface area contributed by atoms with Crippen molar-refractivity contribution >= 4 is 0 Å². The van der Waals surface area contributed by atoms with Crippen LogP contribution < -0.4 is 14.2 Å². The van der Waals surface area contributed by atoms with E-state index in [9.17, 15) is 5.11 Å². The molecule has 0 amide bonds. The molecule has 0 aromatic heterocycles. The summed E-state index contributed by atoms with van der Waals surface area (Å²) >= 11 is 0. The van der Waals surface area contributed by atoms with E-state index in [1.54, 1.807) is 14.2 Å². The van der Waals surface area contributed by atoms with Crippen LogP contribution in [0.2, 0.25) is 0 Å². The van der Waals surface area contributed by atoms with Crippen molar-refractivity contribution in [3.63, 3.8) is 0 Å². The van der Waals surface area contributed by atoms with Crippen molar-refractivity contribution in [3.8, 4) is 23.0 Å². The molecule has 0 fully saturated rings. The SMILES string of the molecule is COc1c(O)c(C)c(CC=C(C)CCC=C(C)CCC=C(C)CCC=C(C)CCC=C(C)CCC=C(C)CCC=C(C)CCC=C(C)CCC=C(C)C)c(OC)c1OC. The van der Waals surface area contributed by atoms with Gasteiger partial charge in [0.1, 0.15) is 0 Å². The lowest BCUT2D eigenvalue weighted by atomic mass is 9.99. The van der Waals surface area contributed by atoms with E-state index >= 15 is 0 Å². The summed E-state index contributed by atoms with van der Waals surface area (Å²) in [7, 11) is 4.70. The first-order chi connectivity index (χ1) is 28.1. The monoisotopic (exact) mass is 811 g/mol. The minimum absolute atomic E-state index is 0.0972. The first-order valence-corrected chi connectivity index (χ1v) is 22.5. The number of aromatic hydroxyl groups is 1. The third-order valence-electron chi connectivity index (χ3n) is 11.3. The van der Waals surface area contributed by atoms with Crippen LogP contribution in [-0.2, 0) is 6.42 Å². The second-order valence-corrected chi connectivity index (χ2v) is 17.3. The van der Waals surface area contributed by atoms with E-state index in [0.717, 1.165) is 94.6 Å². The molecule has 4 heteroatoms. The number of phenolic OH excluding ortho intramolecular Hbond substituents is 1. The first-order valence-electron chi connectivity index (χ1n) is 22.5. The quantitative estimate of drug-likeness (QED) is 0.0819. The third kappa shape index (κ3) is 23.5. The van der Waals surface area contributed by atoms with Crippen LogP contribution in [0.4, 0.5) is 0 Å². The fraction of sp³-hybridized carbons (Fsp3) is 0.564. The van der Waals surface area contributed by atoms with Crippen molar-refractivity contribution < 1.29 is 19.3 Å². The Labute approximate surface area is 363 Å². The molecule has 0 aliphatic carbocycles. The molecule has 0 atom stereocenters. The number of benzene rings is 1. The maximum atomic E-state index is 10.7. The molecule has 1 rings (SSSR count). The minimum atomic E-state index is 0.0972. The van der Waals surface area contributed by atoms with E-state index in [-0.39, 0.29) is 5.75 Å². The van der Waals surface area contributed by atoms with E-state index in [0.29, 0.717) is 23.7 Å². The number of hydrogen-bond donors (Lipinski definition) is 1. The van der Waals surface area contributed by atoms with Gasteiger partial charge in [-0.2, -0.15) is 0 Å². The van der Waals surface area contributed by atoms with Gasteiger partial charge in [-0.3, -0.25) is 0 Å². The van der Waals surface area contributed by atoms with Gasteiger partial charge in [-0.05, 0) is 185 Å².